The van der Waals surface area contributed by atoms with Gasteiger partial charge in [-0.3, -0.25) is 0 Å². The van der Waals surface area contributed by atoms with Gasteiger partial charge in [-0.15, -0.1) is 11.3 Å². The molecular formula is C53H38N2S. The fourth-order valence-corrected chi connectivity index (χ4v) is 9.45. The van der Waals surface area contributed by atoms with Crippen molar-refractivity contribution in [1.82, 2.24) is 4.57 Å². The summed E-state index contributed by atoms with van der Waals surface area (Å²) in [6, 6.07) is 66.3. The third-order valence-corrected chi connectivity index (χ3v) is 12.0. The van der Waals surface area contributed by atoms with Crippen molar-refractivity contribution in [2.24, 2.45) is 0 Å². The number of nitrogens with zero attached hydrogens (tertiary/aromatic N) is 2. The summed E-state index contributed by atoms with van der Waals surface area (Å²) in [7, 11) is 0. The second-order valence-electron chi connectivity index (χ2n) is 14.1. The minimum Gasteiger partial charge on any atom is -0.310 e. The Labute approximate surface area is 331 Å². The standard InChI is InChI=1S/C53H38N2S/c1-3-14-39-35-40(26-25-36(39)4-2)37-27-31-42(32-28-37)54(49-22-13-24-51-52(49)47-18-9-11-23-50(47)56-51)43-33-29-38(30-34-43)44-19-12-20-46-45-17-8-10-21-48(45)55(53(44)46)41-15-6-5-7-16-41/h3-35H,2H2,1H3/b14-3-. The molecule has 2 heterocycles. The van der Waals surface area contributed by atoms with Gasteiger partial charge in [-0.2, -0.15) is 0 Å². The first kappa shape index (κ1) is 33.6. The molecule has 0 spiro atoms. The van der Waals surface area contributed by atoms with Gasteiger partial charge in [0.15, 0.2) is 0 Å². The predicted octanol–water partition coefficient (Wildman–Crippen LogP) is 15.6. The highest BCUT2D eigenvalue weighted by Gasteiger charge is 2.20. The number of aromatic nitrogens is 1. The number of anilines is 3. The number of allylic oxidation sites excluding steroid dienone is 1. The largest absolute Gasteiger partial charge is 0.310 e. The summed E-state index contributed by atoms with van der Waals surface area (Å²) in [5, 5.41) is 5.06. The molecule has 10 rings (SSSR count). The third kappa shape index (κ3) is 5.64. The van der Waals surface area contributed by atoms with Crippen LogP contribution in [0.2, 0.25) is 0 Å². The van der Waals surface area contributed by atoms with Crippen LogP contribution in [0.4, 0.5) is 17.1 Å². The lowest BCUT2D eigenvalue weighted by atomic mass is 9.98. The monoisotopic (exact) mass is 734 g/mol. The smallest absolute Gasteiger partial charge is 0.0619 e. The fourth-order valence-electron chi connectivity index (χ4n) is 8.32. The Bertz CT molecular complexity index is 3090. The maximum absolute atomic E-state index is 4.02. The first-order valence-corrected chi connectivity index (χ1v) is 19.9. The van der Waals surface area contributed by atoms with Crippen LogP contribution in [0.1, 0.15) is 18.1 Å². The molecule has 0 atom stereocenters. The molecule has 266 valence electrons. The average Bonchev–Trinajstić information content (AvgIpc) is 3.81. The van der Waals surface area contributed by atoms with Crippen molar-refractivity contribution in [3.63, 3.8) is 0 Å². The van der Waals surface area contributed by atoms with E-state index in [0.717, 1.165) is 28.3 Å². The van der Waals surface area contributed by atoms with Crippen LogP contribution >= 0.6 is 11.3 Å². The molecule has 3 heteroatoms. The van der Waals surface area contributed by atoms with Crippen molar-refractivity contribution >= 4 is 82.5 Å². The van der Waals surface area contributed by atoms with E-state index in [2.05, 4.69) is 217 Å². The van der Waals surface area contributed by atoms with E-state index in [-0.39, 0.29) is 0 Å². The van der Waals surface area contributed by atoms with Crippen LogP contribution in [0.3, 0.4) is 0 Å². The van der Waals surface area contributed by atoms with Crippen LogP contribution in [-0.2, 0) is 0 Å². The molecule has 0 aliphatic rings. The van der Waals surface area contributed by atoms with Crippen LogP contribution < -0.4 is 4.90 Å². The lowest BCUT2D eigenvalue weighted by Gasteiger charge is -2.27. The molecule has 0 saturated carbocycles. The minimum atomic E-state index is 1.10. The topological polar surface area (TPSA) is 8.17 Å². The fraction of sp³-hybridized carbons (Fsp3) is 0.0189. The Morgan fingerprint density at radius 3 is 1.95 bits per heavy atom. The number of hydrogen-bond donors (Lipinski definition) is 0. The molecule has 0 fully saturated rings. The SMILES string of the molecule is C=Cc1ccc(-c2ccc(N(c3ccc(-c4cccc5c6ccccc6n(-c6ccccc6)c45)cc3)c3cccc4sc5ccccc5c34)cc2)cc1/C=C\C. The van der Waals surface area contributed by atoms with Crippen LogP contribution in [0.25, 0.3) is 82.1 Å². The van der Waals surface area contributed by atoms with Crippen molar-refractivity contribution in [3.05, 3.63) is 206 Å². The van der Waals surface area contributed by atoms with Crippen molar-refractivity contribution in [1.29, 1.82) is 0 Å². The summed E-state index contributed by atoms with van der Waals surface area (Å²) in [6.45, 7) is 6.08. The zero-order valence-corrected chi connectivity index (χ0v) is 31.9. The first-order chi connectivity index (χ1) is 27.7. The number of benzene rings is 8. The third-order valence-electron chi connectivity index (χ3n) is 10.9. The second-order valence-corrected chi connectivity index (χ2v) is 15.2. The van der Waals surface area contributed by atoms with E-state index in [1.807, 2.05) is 17.4 Å². The lowest BCUT2D eigenvalue weighted by Crippen LogP contribution is -2.10. The molecule has 10 aromatic rings. The molecule has 0 bridgehead atoms. The zero-order valence-electron chi connectivity index (χ0n) is 31.1. The average molecular weight is 735 g/mol. The second kappa shape index (κ2) is 14.0. The van der Waals surface area contributed by atoms with Gasteiger partial charge in [0.25, 0.3) is 0 Å². The predicted molar refractivity (Wildman–Crippen MR) is 244 cm³/mol. The molecule has 0 N–H and O–H groups in total. The Hall–Kier alpha value is -6.94. The first-order valence-electron chi connectivity index (χ1n) is 19.1. The Kier molecular flexibility index (Phi) is 8.43. The molecule has 0 aliphatic carbocycles. The van der Waals surface area contributed by atoms with Crippen LogP contribution in [0, 0.1) is 0 Å². The summed E-state index contributed by atoms with van der Waals surface area (Å²) in [5.74, 6) is 0. The van der Waals surface area contributed by atoms with Gasteiger partial charge in [-0.25, -0.2) is 0 Å². The van der Waals surface area contributed by atoms with E-state index in [4.69, 9.17) is 0 Å². The molecule has 2 aromatic heterocycles. The van der Waals surface area contributed by atoms with Crippen molar-refractivity contribution in [2.75, 3.05) is 4.90 Å². The number of rotatable bonds is 8. The molecule has 2 nitrogen and oxygen atoms in total. The van der Waals surface area contributed by atoms with Gasteiger partial charge < -0.3 is 9.47 Å². The van der Waals surface area contributed by atoms with Gasteiger partial charge in [-0.1, -0.05) is 140 Å². The van der Waals surface area contributed by atoms with E-state index in [1.165, 1.54) is 69.8 Å². The number of fused-ring (bicyclic) bond motifs is 6. The summed E-state index contributed by atoms with van der Waals surface area (Å²) >= 11 is 1.85. The highest BCUT2D eigenvalue weighted by atomic mass is 32.1. The Morgan fingerprint density at radius 2 is 1.18 bits per heavy atom. The van der Waals surface area contributed by atoms with E-state index in [9.17, 15) is 0 Å². The van der Waals surface area contributed by atoms with Gasteiger partial charge in [0, 0.05) is 53.6 Å². The highest BCUT2D eigenvalue weighted by Crippen LogP contribution is 2.46. The Morgan fingerprint density at radius 1 is 0.536 bits per heavy atom. The Balaban J connectivity index is 1.13. The molecule has 8 aromatic carbocycles. The van der Waals surface area contributed by atoms with Crippen LogP contribution in [0.15, 0.2) is 195 Å². The van der Waals surface area contributed by atoms with Gasteiger partial charge in [0.1, 0.15) is 0 Å². The summed E-state index contributed by atoms with van der Waals surface area (Å²) in [6.07, 6.45) is 6.15. The molecular weight excluding hydrogens is 697 g/mol. The van der Waals surface area contributed by atoms with Crippen LogP contribution in [-0.4, -0.2) is 4.57 Å². The number of thiophene rings is 1. The van der Waals surface area contributed by atoms with E-state index in [1.54, 1.807) is 0 Å². The highest BCUT2D eigenvalue weighted by molar-refractivity contribution is 7.26. The molecule has 0 aliphatic heterocycles. The number of hydrogen-bond acceptors (Lipinski definition) is 2. The van der Waals surface area contributed by atoms with Crippen molar-refractivity contribution in [2.45, 2.75) is 6.92 Å². The van der Waals surface area contributed by atoms with Gasteiger partial charge in [0.2, 0.25) is 0 Å². The van der Waals surface area contributed by atoms with E-state index >= 15 is 0 Å². The lowest BCUT2D eigenvalue weighted by molar-refractivity contribution is 1.18. The van der Waals surface area contributed by atoms with Gasteiger partial charge in [-0.05, 0) is 101 Å². The zero-order chi connectivity index (χ0) is 37.6. The van der Waals surface area contributed by atoms with Gasteiger partial charge >= 0.3 is 0 Å². The minimum absolute atomic E-state index is 1.10. The molecule has 0 radical (unpaired) electrons. The molecule has 56 heavy (non-hydrogen) atoms. The normalized spacial score (nSPS) is 11.7. The van der Waals surface area contributed by atoms with E-state index in [0.29, 0.717) is 0 Å². The number of para-hydroxylation sites is 3. The van der Waals surface area contributed by atoms with Crippen LogP contribution in [0.5, 0.6) is 0 Å². The molecule has 0 unspecified atom stereocenters. The quantitative estimate of drug-likeness (QED) is 0.151. The van der Waals surface area contributed by atoms with Crippen molar-refractivity contribution < 1.29 is 0 Å². The summed E-state index contributed by atoms with van der Waals surface area (Å²) < 4.78 is 4.99. The van der Waals surface area contributed by atoms with E-state index < -0.39 is 0 Å². The maximum atomic E-state index is 4.02. The van der Waals surface area contributed by atoms with Crippen molar-refractivity contribution in [3.8, 4) is 27.9 Å². The summed E-state index contributed by atoms with van der Waals surface area (Å²) in [4.78, 5) is 2.42. The maximum Gasteiger partial charge on any atom is 0.0619 e. The van der Waals surface area contributed by atoms with Gasteiger partial charge in [0.05, 0.1) is 16.7 Å². The molecule has 0 amide bonds. The molecule has 0 saturated heterocycles. The summed E-state index contributed by atoms with van der Waals surface area (Å²) in [5.41, 5.74) is 14.0.